The van der Waals surface area contributed by atoms with Gasteiger partial charge in [0, 0.05) is 0 Å². The van der Waals surface area contributed by atoms with Crippen LogP contribution in [0, 0.1) is 5.92 Å². The van der Waals surface area contributed by atoms with E-state index in [1.54, 1.807) is 0 Å². The van der Waals surface area contributed by atoms with Crippen molar-refractivity contribution in [1.82, 2.24) is 0 Å². The van der Waals surface area contributed by atoms with E-state index in [9.17, 15) is 4.11 Å². The molecule has 0 aliphatic heterocycles. The van der Waals surface area contributed by atoms with Crippen molar-refractivity contribution in [2.75, 3.05) is 0 Å². The van der Waals surface area contributed by atoms with Gasteiger partial charge in [-0.15, -0.1) is 6.58 Å². The van der Waals surface area contributed by atoms with Gasteiger partial charge in [0.1, 0.15) is 0 Å². The Hall–Kier alpha value is -0.113. The van der Waals surface area contributed by atoms with Crippen molar-refractivity contribution in [3.8, 4) is 0 Å². The lowest BCUT2D eigenvalue weighted by Crippen LogP contribution is -2.37. The van der Waals surface area contributed by atoms with Gasteiger partial charge < -0.3 is 4.11 Å². The minimum atomic E-state index is -2.55. The molecule has 2 heteroatoms. The predicted octanol–water partition coefficient (Wildman–Crippen LogP) is 4.93. The van der Waals surface area contributed by atoms with Crippen molar-refractivity contribution in [3.05, 3.63) is 12.7 Å². The topological polar surface area (TPSA) is 0 Å². The van der Waals surface area contributed by atoms with E-state index in [2.05, 4.69) is 13.5 Å². The van der Waals surface area contributed by atoms with Gasteiger partial charge in [-0.2, -0.15) is 0 Å². The zero-order valence-electron chi connectivity index (χ0n) is 10.3. The van der Waals surface area contributed by atoms with Gasteiger partial charge >= 0.3 is 0 Å². The first-order valence-electron chi connectivity index (χ1n) is 5.64. The van der Waals surface area contributed by atoms with Gasteiger partial charge in [-0.1, -0.05) is 40.7 Å². The summed E-state index contributed by atoms with van der Waals surface area (Å²) in [6.45, 7) is 14.0. The third-order valence-corrected chi connectivity index (χ3v) is 8.31. The molecule has 84 valence electrons. The predicted molar refractivity (Wildman–Crippen MR) is 65.8 cm³/mol. The van der Waals surface area contributed by atoms with E-state index in [4.69, 9.17) is 0 Å². The first kappa shape index (κ1) is 13.9. The average Bonchev–Trinajstić information content (AvgIpc) is 2.03. The van der Waals surface area contributed by atoms with Gasteiger partial charge in [0.25, 0.3) is 8.41 Å². The quantitative estimate of drug-likeness (QED) is 0.335. The van der Waals surface area contributed by atoms with Crippen LogP contribution in [0.2, 0.25) is 17.1 Å². The number of hydrogen-bond acceptors (Lipinski definition) is 0. The van der Waals surface area contributed by atoms with E-state index < -0.39 is 8.41 Å². The molecule has 14 heavy (non-hydrogen) atoms. The molecule has 0 amide bonds. The number of hydrogen-bond donors (Lipinski definition) is 0. The smallest absolute Gasteiger partial charge is 0.252 e. The fourth-order valence-corrected chi connectivity index (χ4v) is 5.55. The number of halogens is 1. The van der Waals surface area contributed by atoms with Crippen LogP contribution in [-0.4, -0.2) is 8.41 Å². The SMILES string of the molecule is C=CCC(C)C[Si](F)(C(C)C)C(C)C. The Bertz CT molecular complexity index is 167. The Morgan fingerprint density at radius 3 is 1.86 bits per heavy atom. The zero-order valence-corrected chi connectivity index (χ0v) is 11.3. The Balaban J connectivity index is 4.44. The molecule has 0 heterocycles. The molecule has 0 bridgehead atoms. The maximum absolute atomic E-state index is 14.7. The van der Waals surface area contributed by atoms with Crippen LogP contribution in [0.15, 0.2) is 12.7 Å². The molecular weight excluding hydrogens is 191 g/mol. The van der Waals surface area contributed by atoms with Crippen LogP contribution in [0.5, 0.6) is 0 Å². The average molecular weight is 216 g/mol. The molecular formula is C12H25FSi. The highest BCUT2D eigenvalue weighted by molar-refractivity contribution is 6.75. The van der Waals surface area contributed by atoms with Crippen LogP contribution >= 0.6 is 0 Å². The van der Waals surface area contributed by atoms with Crippen molar-refractivity contribution in [3.63, 3.8) is 0 Å². The minimum absolute atomic E-state index is 0.231. The Labute approximate surface area is 89.8 Å². The van der Waals surface area contributed by atoms with E-state index in [1.165, 1.54) is 0 Å². The molecule has 0 aliphatic carbocycles. The normalized spacial score (nSPS) is 14.9. The fraction of sp³-hybridized carbons (Fsp3) is 0.833. The largest absolute Gasteiger partial charge is 0.313 e. The molecule has 0 nitrogen and oxygen atoms in total. The second kappa shape index (κ2) is 5.69. The second-order valence-corrected chi connectivity index (χ2v) is 9.64. The van der Waals surface area contributed by atoms with E-state index in [-0.39, 0.29) is 11.1 Å². The van der Waals surface area contributed by atoms with Crippen molar-refractivity contribution in [1.29, 1.82) is 0 Å². The third-order valence-electron chi connectivity index (χ3n) is 3.15. The van der Waals surface area contributed by atoms with E-state index >= 15 is 0 Å². The van der Waals surface area contributed by atoms with Crippen molar-refractivity contribution >= 4 is 8.41 Å². The molecule has 0 fully saturated rings. The Kier molecular flexibility index (Phi) is 5.65. The lowest BCUT2D eigenvalue weighted by atomic mass is 10.1. The highest BCUT2D eigenvalue weighted by Crippen LogP contribution is 2.39. The molecule has 0 aliphatic rings. The van der Waals surface area contributed by atoms with Crippen LogP contribution in [0.25, 0.3) is 0 Å². The molecule has 0 spiro atoms. The summed E-state index contributed by atoms with van der Waals surface area (Å²) in [5.41, 5.74) is 0.463. The monoisotopic (exact) mass is 216 g/mol. The third kappa shape index (κ3) is 3.56. The van der Waals surface area contributed by atoms with Crippen molar-refractivity contribution in [2.24, 2.45) is 5.92 Å². The lowest BCUT2D eigenvalue weighted by Gasteiger charge is -2.32. The van der Waals surface area contributed by atoms with Crippen LogP contribution in [0.4, 0.5) is 4.11 Å². The van der Waals surface area contributed by atoms with Gasteiger partial charge in [-0.25, -0.2) is 0 Å². The maximum Gasteiger partial charge on any atom is 0.252 e. The van der Waals surface area contributed by atoms with E-state index in [0.29, 0.717) is 5.92 Å². The van der Waals surface area contributed by atoms with Crippen LogP contribution in [0.1, 0.15) is 41.0 Å². The van der Waals surface area contributed by atoms with Crippen molar-refractivity contribution in [2.45, 2.75) is 58.2 Å². The molecule has 0 aromatic carbocycles. The molecule has 0 radical (unpaired) electrons. The van der Waals surface area contributed by atoms with Gasteiger partial charge in [-0.05, 0) is 29.5 Å². The van der Waals surface area contributed by atoms with Gasteiger partial charge in [0.15, 0.2) is 0 Å². The van der Waals surface area contributed by atoms with Crippen LogP contribution in [-0.2, 0) is 0 Å². The lowest BCUT2D eigenvalue weighted by molar-refractivity contribution is 0.577. The maximum atomic E-state index is 14.7. The number of rotatable bonds is 6. The standard InChI is InChI=1S/C12H25FSi/c1-7-8-12(6)9-14(13,10(2)3)11(4)5/h7,10-12H,1,8-9H2,2-6H3. The highest BCUT2D eigenvalue weighted by atomic mass is 28.4. The summed E-state index contributed by atoms with van der Waals surface area (Å²) >= 11 is 0. The molecule has 0 saturated heterocycles. The summed E-state index contributed by atoms with van der Waals surface area (Å²) in [4.78, 5) is 0. The van der Waals surface area contributed by atoms with E-state index in [0.717, 1.165) is 12.5 Å². The zero-order chi connectivity index (χ0) is 11.4. The first-order chi connectivity index (χ1) is 6.34. The molecule has 0 N–H and O–H groups in total. The van der Waals surface area contributed by atoms with Crippen LogP contribution < -0.4 is 0 Å². The minimum Gasteiger partial charge on any atom is -0.313 e. The molecule has 0 aromatic heterocycles. The molecule has 0 saturated carbocycles. The summed E-state index contributed by atoms with van der Waals surface area (Å²) in [6, 6.07) is 0.786. The summed E-state index contributed by atoms with van der Waals surface area (Å²) < 4.78 is 14.7. The molecule has 1 atom stereocenters. The van der Waals surface area contributed by atoms with Crippen molar-refractivity contribution < 1.29 is 4.11 Å². The van der Waals surface area contributed by atoms with Gasteiger partial charge in [-0.3, -0.25) is 0 Å². The molecule has 0 aromatic rings. The molecule has 0 rings (SSSR count). The summed E-state index contributed by atoms with van der Waals surface area (Å²) in [5.74, 6) is 0.453. The second-order valence-electron chi connectivity index (χ2n) is 5.07. The van der Waals surface area contributed by atoms with Crippen LogP contribution in [0.3, 0.4) is 0 Å². The number of allylic oxidation sites excluding steroid dienone is 1. The Morgan fingerprint density at radius 2 is 1.57 bits per heavy atom. The molecule has 1 unspecified atom stereocenters. The summed E-state index contributed by atoms with van der Waals surface area (Å²) in [5, 5.41) is 0. The Morgan fingerprint density at radius 1 is 1.14 bits per heavy atom. The highest BCUT2D eigenvalue weighted by Gasteiger charge is 2.42. The van der Waals surface area contributed by atoms with Gasteiger partial charge in [0.05, 0.1) is 0 Å². The van der Waals surface area contributed by atoms with E-state index in [1.807, 2.05) is 33.8 Å². The fourth-order valence-electron chi connectivity index (χ4n) is 2.04. The van der Waals surface area contributed by atoms with Gasteiger partial charge in [0.2, 0.25) is 0 Å². The summed E-state index contributed by atoms with van der Waals surface area (Å²) in [7, 11) is -2.55. The first-order valence-corrected chi connectivity index (χ1v) is 7.88. The summed E-state index contributed by atoms with van der Waals surface area (Å²) in [6.07, 6.45) is 2.85.